The first-order chi connectivity index (χ1) is 9.49. The van der Waals surface area contributed by atoms with E-state index in [4.69, 9.17) is 16.3 Å². The Balaban J connectivity index is 2.13. The van der Waals surface area contributed by atoms with Crippen molar-refractivity contribution in [3.05, 3.63) is 63.9 Å². The van der Waals surface area contributed by atoms with Crippen molar-refractivity contribution >= 4 is 17.4 Å². The maximum Gasteiger partial charge on any atom is 0.200 e. The molecule has 0 spiro atoms. The van der Waals surface area contributed by atoms with Crippen molar-refractivity contribution in [2.75, 3.05) is 6.61 Å². The fraction of sp³-hybridized carbons (Fsp3) is 0.188. The van der Waals surface area contributed by atoms with Gasteiger partial charge in [0.2, 0.25) is 0 Å². The van der Waals surface area contributed by atoms with Gasteiger partial charge in [-0.25, -0.2) is 4.39 Å². The molecule has 2 aromatic carbocycles. The summed E-state index contributed by atoms with van der Waals surface area (Å²) in [6.45, 7) is 3.54. The smallest absolute Gasteiger partial charge is 0.200 e. The van der Waals surface area contributed by atoms with Gasteiger partial charge in [0.05, 0.1) is 5.02 Å². The van der Waals surface area contributed by atoms with E-state index in [1.54, 1.807) is 12.1 Å². The van der Waals surface area contributed by atoms with Crippen molar-refractivity contribution in [3.8, 4) is 5.75 Å². The second-order valence-electron chi connectivity index (χ2n) is 4.58. The minimum Gasteiger partial charge on any atom is -0.482 e. The normalized spacial score (nSPS) is 10.4. The minimum atomic E-state index is -0.650. The first-order valence-corrected chi connectivity index (χ1v) is 6.54. The van der Waals surface area contributed by atoms with Crippen LogP contribution in [-0.2, 0) is 0 Å². The molecule has 0 heterocycles. The van der Waals surface area contributed by atoms with Gasteiger partial charge in [-0.1, -0.05) is 35.4 Å². The monoisotopic (exact) mass is 292 g/mol. The highest BCUT2D eigenvalue weighted by molar-refractivity contribution is 6.30. The maximum atomic E-state index is 13.6. The lowest BCUT2D eigenvalue weighted by Gasteiger charge is -2.09. The number of aryl methyl sites for hydroxylation is 2. The standard InChI is InChI=1S/C16H14ClFO2/c1-10-6-7-11(2)12(8-10)14(19)9-20-15-5-3-4-13(17)16(15)18/h3-8H,9H2,1-2H3. The molecule has 0 aliphatic carbocycles. The lowest BCUT2D eigenvalue weighted by atomic mass is 10.0. The molecule has 2 nitrogen and oxygen atoms in total. The number of rotatable bonds is 4. The number of hydrogen-bond donors (Lipinski definition) is 0. The third kappa shape index (κ3) is 3.17. The van der Waals surface area contributed by atoms with Crippen molar-refractivity contribution in [1.82, 2.24) is 0 Å². The number of carbonyl (C=O) groups excluding carboxylic acids is 1. The molecule has 0 bridgehead atoms. The third-order valence-corrected chi connectivity index (χ3v) is 3.26. The van der Waals surface area contributed by atoms with Crippen LogP contribution < -0.4 is 4.74 Å². The summed E-state index contributed by atoms with van der Waals surface area (Å²) in [5.41, 5.74) is 2.45. The zero-order valence-electron chi connectivity index (χ0n) is 11.2. The van der Waals surface area contributed by atoms with Gasteiger partial charge in [-0.2, -0.15) is 0 Å². The molecule has 0 radical (unpaired) electrons. The van der Waals surface area contributed by atoms with E-state index in [-0.39, 0.29) is 23.2 Å². The summed E-state index contributed by atoms with van der Waals surface area (Å²) in [6, 6.07) is 10.1. The summed E-state index contributed by atoms with van der Waals surface area (Å²) in [5, 5.41) is -0.0262. The summed E-state index contributed by atoms with van der Waals surface area (Å²) >= 11 is 5.65. The van der Waals surface area contributed by atoms with Crippen molar-refractivity contribution < 1.29 is 13.9 Å². The first-order valence-electron chi connectivity index (χ1n) is 6.16. The van der Waals surface area contributed by atoms with Crippen LogP contribution in [0.4, 0.5) is 4.39 Å². The summed E-state index contributed by atoms with van der Waals surface area (Å²) in [4.78, 5) is 12.1. The van der Waals surface area contributed by atoms with E-state index in [9.17, 15) is 9.18 Å². The predicted molar refractivity (Wildman–Crippen MR) is 77.2 cm³/mol. The molecule has 0 aliphatic rings. The quantitative estimate of drug-likeness (QED) is 0.783. The number of carbonyl (C=O) groups is 1. The highest BCUT2D eigenvalue weighted by Gasteiger charge is 2.13. The predicted octanol–water partition coefficient (Wildman–Crippen LogP) is 4.36. The molecule has 0 aromatic heterocycles. The summed E-state index contributed by atoms with van der Waals surface area (Å²) < 4.78 is 18.8. The molecule has 20 heavy (non-hydrogen) atoms. The molecule has 0 unspecified atom stereocenters. The zero-order chi connectivity index (χ0) is 14.7. The topological polar surface area (TPSA) is 26.3 Å². The van der Waals surface area contributed by atoms with Gasteiger partial charge in [0.25, 0.3) is 0 Å². The van der Waals surface area contributed by atoms with E-state index >= 15 is 0 Å². The summed E-state index contributed by atoms with van der Waals surface area (Å²) in [5.74, 6) is -0.857. The Kier molecular flexibility index (Phi) is 4.40. The molecule has 0 N–H and O–H groups in total. The number of Topliss-reactive ketones (excluding diaryl/α,β-unsaturated/α-hetero) is 1. The Morgan fingerprint density at radius 2 is 2.00 bits per heavy atom. The van der Waals surface area contributed by atoms with Crippen molar-refractivity contribution in [2.45, 2.75) is 13.8 Å². The van der Waals surface area contributed by atoms with E-state index < -0.39 is 5.82 Å². The van der Waals surface area contributed by atoms with Crippen LogP contribution in [0.2, 0.25) is 5.02 Å². The third-order valence-electron chi connectivity index (χ3n) is 2.97. The number of halogens is 2. The largest absolute Gasteiger partial charge is 0.482 e. The van der Waals surface area contributed by atoms with E-state index in [0.717, 1.165) is 11.1 Å². The number of ketones is 1. The molecule has 104 valence electrons. The molecule has 4 heteroatoms. The summed E-state index contributed by atoms with van der Waals surface area (Å²) in [6.07, 6.45) is 0. The Labute approximate surface area is 122 Å². The number of hydrogen-bond acceptors (Lipinski definition) is 2. The lowest BCUT2D eigenvalue weighted by molar-refractivity contribution is 0.0918. The minimum absolute atomic E-state index is 0.0174. The van der Waals surface area contributed by atoms with Gasteiger partial charge in [0, 0.05) is 5.56 Å². The van der Waals surface area contributed by atoms with Gasteiger partial charge < -0.3 is 4.74 Å². The Morgan fingerprint density at radius 1 is 1.25 bits per heavy atom. The van der Waals surface area contributed by atoms with Crippen LogP contribution in [0.25, 0.3) is 0 Å². The van der Waals surface area contributed by atoms with Crippen molar-refractivity contribution in [1.29, 1.82) is 0 Å². The molecule has 0 fully saturated rings. The molecule has 2 rings (SSSR count). The van der Waals surface area contributed by atoms with Gasteiger partial charge >= 0.3 is 0 Å². The molecule has 0 aliphatic heterocycles. The van der Waals surface area contributed by atoms with Gasteiger partial charge in [-0.05, 0) is 37.6 Å². The Morgan fingerprint density at radius 3 is 2.75 bits per heavy atom. The van der Waals surface area contributed by atoms with Crippen LogP contribution in [0, 0.1) is 19.7 Å². The van der Waals surface area contributed by atoms with Gasteiger partial charge in [0.15, 0.2) is 24.0 Å². The van der Waals surface area contributed by atoms with Crippen molar-refractivity contribution in [3.63, 3.8) is 0 Å². The molecule has 0 saturated carbocycles. The molecule has 2 aromatic rings. The van der Waals surface area contributed by atoms with Crippen LogP contribution in [0.15, 0.2) is 36.4 Å². The van der Waals surface area contributed by atoms with E-state index in [1.165, 1.54) is 12.1 Å². The lowest BCUT2D eigenvalue weighted by Crippen LogP contribution is -2.13. The van der Waals surface area contributed by atoms with Crippen LogP contribution in [-0.4, -0.2) is 12.4 Å². The average molecular weight is 293 g/mol. The molecule has 0 saturated heterocycles. The van der Waals surface area contributed by atoms with E-state index in [2.05, 4.69) is 0 Å². The Bertz CT molecular complexity index is 653. The SMILES string of the molecule is Cc1ccc(C)c(C(=O)COc2cccc(Cl)c2F)c1. The van der Waals surface area contributed by atoms with E-state index in [0.29, 0.717) is 5.56 Å². The first kappa shape index (κ1) is 14.5. The molecule has 0 atom stereocenters. The molecule has 0 amide bonds. The maximum absolute atomic E-state index is 13.6. The van der Waals surface area contributed by atoms with Crippen LogP contribution >= 0.6 is 11.6 Å². The van der Waals surface area contributed by atoms with Crippen LogP contribution in [0.5, 0.6) is 5.75 Å². The molecular weight excluding hydrogens is 279 g/mol. The highest BCUT2D eigenvalue weighted by atomic mass is 35.5. The summed E-state index contributed by atoms with van der Waals surface area (Å²) in [7, 11) is 0. The fourth-order valence-electron chi connectivity index (χ4n) is 1.85. The number of ether oxygens (including phenoxy) is 1. The number of benzene rings is 2. The zero-order valence-corrected chi connectivity index (χ0v) is 12.0. The van der Waals surface area contributed by atoms with Crippen LogP contribution in [0.3, 0.4) is 0 Å². The Hall–Kier alpha value is -1.87. The van der Waals surface area contributed by atoms with Crippen molar-refractivity contribution in [2.24, 2.45) is 0 Å². The van der Waals surface area contributed by atoms with Crippen LogP contribution in [0.1, 0.15) is 21.5 Å². The molecular formula is C16H14ClFO2. The van der Waals surface area contributed by atoms with E-state index in [1.807, 2.05) is 26.0 Å². The second kappa shape index (κ2) is 6.06. The fourth-order valence-corrected chi connectivity index (χ4v) is 2.02. The highest BCUT2D eigenvalue weighted by Crippen LogP contribution is 2.24. The second-order valence-corrected chi connectivity index (χ2v) is 4.99. The van der Waals surface area contributed by atoms with Gasteiger partial charge in [-0.15, -0.1) is 0 Å². The average Bonchev–Trinajstić information content (AvgIpc) is 2.43. The van der Waals surface area contributed by atoms with Gasteiger partial charge in [0.1, 0.15) is 0 Å². The van der Waals surface area contributed by atoms with Gasteiger partial charge in [-0.3, -0.25) is 4.79 Å².